The van der Waals surface area contributed by atoms with Gasteiger partial charge in [-0.2, -0.15) is 0 Å². The summed E-state index contributed by atoms with van der Waals surface area (Å²) in [6.45, 7) is 3.86. The fraction of sp³-hybridized carbons (Fsp3) is 0.125. The molecule has 0 bridgehead atoms. The average molecular weight is 480 g/mol. The Labute approximate surface area is 198 Å². The molecular formula is C24H21N3O2S3. The van der Waals surface area contributed by atoms with E-state index in [0.717, 1.165) is 21.0 Å². The van der Waals surface area contributed by atoms with Gasteiger partial charge in [-0.1, -0.05) is 42.5 Å². The average Bonchev–Trinajstić information content (AvgIpc) is 3.45. The molecule has 2 N–H and O–H groups in total. The van der Waals surface area contributed by atoms with E-state index in [9.17, 15) is 9.59 Å². The van der Waals surface area contributed by atoms with Crippen LogP contribution in [0.25, 0.3) is 11.3 Å². The highest BCUT2D eigenvalue weighted by Crippen LogP contribution is 2.31. The molecule has 32 heavy (non-hydrogen) atoms. The Balaban J connectivity index is 1.38. The molecule has 0 radical (unpaired) electrons. The molecule has 0 aliphatic carbocycles. The van der Waals surface area contributed by atoms with Gasteiger partial charge in [0.15, 0.2) is 5.13 Å². The second-order valence-electron chi connectivity index (χ2n) is 7.00. The molecule has 0 aliphatic rings. The molecule has 0 aliphatic heterocycles. The number of hydrogen-bond acceptors (Lipinski definition) is 6. The number of hydrogen-bond donors (Lipinski definition) is 2. The third kappa shape index (κ3) is 5.45. The Bertz CT molecular complexity index is 1220. The molecule has 2 aromatic carbocycles. The maximum atomic E-state index is 12.8. The van der Waals surface area contributed by atoms with Crippen LogP contribution < -0.4 is 10.6 Å². The Kier molecular flexibility index (Phi) is 7.04. The molecule has 8 heteroatoms. The second kappa shape index (κ2) is 10.1. The number of amides is 2. The second-order valence-corrected chi connectivity index (χ2v) is 10.6. The molecule has 2 aromatic heterocycles. The highest BCUT2D eigenvalue weighted by Gasteiger charge is 2.18. The lowest BCUT2D eigenvalue weighted by atomic mass is 10.1. The van der Waals surface area contributed by atoms with Crippen molar-refractivity contribution in [1.82, 2.24) is 4.98 Å². The lowest BCUT2D eigenvalue weighted by Gasteiger charge is -2.12. The molecule has 2 amide bonds. The Morgan fingerprint density at radius 2 is 1.81 bits per heavy atom. The van der Waals surface area contributed by atoms with E-state index in [2.05, 4.69) is 15.6 Å². The molecule has 4 rings (SSSR count). The summed E-state index contributed by atoms with van der Waals surface area (Å²) >= 11 is 4.30. The van der Waals surface area contributed by atoms with Crippen molar-refractivity contribution in [2.45, 2.75) is 24.0 Å². The SMILES string of the molecule is Cc1sc(NC(=O)C(C)Sc2cccc(NC(=O)c3cccs3)c2)nc1-c1ccccc1. The Morgan fingerprint density at radius 1 is 1.00 bits per heavy atom. The topological polar surface area (TPSA) is 71.1 Å². The molecular weight excluding hydrogens is 458 g/mol. The van der Waals surface area contributed by atoms with Gasteiger partial charge in [-0.3, -0.25) is 9.59 Å². The van der Waals surface area contributed by atoms with Gasteiger partial charge in [0.25, 0.3) is 5.91 Å². The third-order valence-electron chi connectivity index (χ3n) is 4.59. The van der Waals surface area contributed by atoms with Gasteiger partial charge in [-0.05, 0) is 43.5 Å². The van der Waals surface area contributed by atoms with Crippen molar-refractivity contribution in [2.75, 3.05) is 10.6 Å². The van der Waals surface area contributed by atoms with E-state index < -0.39 is 0 Å². The van der Waals surface area contributed by atoms with Crippen molar-refractivity contribution in [3.8, 4) is 11.3 Å². The summed E-state index contributed by atoms with van der Waals surface area (Å²) in [4.78, 5) is 32.3. The number of thiophene rings is 1. The van der Waals surface area contributed by atoms with Crippen molar-refractivity contribution in [3.63, 3.8) is 0 Å². The number of thiazole rings is 1. The van der Waals surface area contributed by atoms with Crippen molar-refractivity contribution < 1.29 is 9.59 Å². The van der Waals surface area contributed by atoms with E-state index in [4.69, 9.17) is 0 Å². The van der Waals surface area contributed by atoms with Crippen LogP contribution >= 0.6 is 34.4 Å². The minimum absolute atomic E-state index is 0.114. The largest absolute Gasteiger partial charge is 0.321 e. The Hall–Kier alpha value is -2.94. The van der Waals surface area contributed by atoms with E-state index in [1.165, 1.54) is 34.4 Å². The number of rotatable bonds is 7. The maximum absolute atomic E-state index is 12.8. The molecule has 0 saturated carbocycles. The normalized spacial score (nSPS) is 11.7. The van der Waals surface area contributed by atoms with Gasteiger partial charge in [0.2, 0.25) is 5.91 Å². The summed E-state index contributed by atoms with van der Waals surface area (Å²) < 4.78 is 0. The van der Waals surface area contributed by atoms with Crippen LogP contribution in [0.5, 0.6) is 0 Å². The van der Waals surface area contributed by atoms with Gasteiger partial charge < -0.3 is 10.6 Å². The molecule has 4 aromatic rings. The zero-order chi connectivity index (χ0) is 22.5. The van der Waals surface area contributed by atoms with Gasteiger partial charge in [-0.25, -0.2) is 4.98 Å². The van der Waals surface area contributed by atoms with Gasteiger partial charge in [-0.15, -0.1) is 34.4 Å². The van der Waals surface area contributed by atoms with Gasteiger partial charge in [0, 0.05) is 21.0 Å². The van der Waals surface area contributed by atoms with Crippen molar-refractivity contribution in [2.24, 2.45) is 0 Å². The molecule has 1 unspecified atom stereocenters. The number of benzene rings is 2. The van der Waals surface area contributed by atoms with Crippen LogP contribution in [-0.4, -0.2) is 22.0 Å². The number of thioether (sulfide) groups is 1. The predicted octanol–water partition coefficient (Wildman–Crippen LogP) is 6.55. The van der Waals surface area contributed by atoms with Crippen molar-refractivity contribution in [1.29, 1.82) is 0 Å². The van der Waals surface area contributed by atoms with Crippen molar-refractivity contribution in [3.05, 3.63) is 81.9 Å². The number of aromatic nitrogens is 1. The summed E-state index contributed by atoms with van der Waals surface area (Å²) in [6, 6.07) is 21.1. The minimum Gasteiger partial charge on any atom is -0.321 e. The van der Waals surface area contributed by atoms with Gasteiger partial charge >= 0.3 is 0 Å². The molecule has 1 atom stereocenters. The molecule has 162 valence electrons. The summed E-state index contributed by atoms with van der Waals surface area (Å²) in [5.74, 6) is -0.252. The van der Waals surface area contributed by atoms with E-state index in [1.807, 2.05) is 79.9 Å². The highest BCUT2D eigenvalue weighted by molar-refractivity contribution is 8.00. The first kappa shape index (κ1) is 22.3. The first-order valence-electron chi connectivity index (χ1n) is 9.95. The lowest BCUT2D eigenvalue weighted by Crippen LogP contribution is -2.22. The van der Waals surface area contributed by atoms with Crippen molar-refractivity contribution >= 4 is 57.1 Å². The zero-order valence-electron chi connectivity index (χ0n) is 17.5. The van der Waals surface area contributed by atoms with Crippen LogP contribution in [0.4, 0.5) is 10.8 Å². The van der Waals surface area contributed by atoms with E-state index in [1.54, 1.807) is 6.07 Å². The molecule has 2 heterocycles. The quantitative estimate of drug-likeness (QED) is 0.295. The number of carbonyl (C=O) groups is 2. The Morgan fingerprint density at radius 3 is 2.56 bits per heavy atom. The van der Waals surface area contributed by atoms with Crippen LogP contribution in [0.2, 0.25) is 0 Å². The standard InChI is InChI=1S/C24H21N3O2S3/c1-15-21(17-8-4-3-5-9-17)26-24(32-15)27-22(28)16(2)31-19-11-6-10-18(14-19)25-23(29)20-12-7-13-30-20/h3-14,16H,1-2H3,(H,25,29)(H,26,27,28). The third-order valence-corrected chi connectivity index (χ3v) is 7.44. The van der Waals surface area contributed by atoms with Crippen LogP contribution in [0, 0.1) is 6.92 Å². The van der Waals surface area contributed by atoms with Crippen LogP contribution in [0.15, 0.2) is 77.0 Å². The first-order valence-corrected chi connectivity index (χ1v) is 12.5. The molecule has 0 fully saturated rings. The number of nitrogens with one attached hydrogen (secondary N) is 2. The minimum atomic E-state index is -0.331. The summed E-state index contributed by atoms with van der Waals surface area (Å²) in [7, 11) is 0. The lowest BCUT2D eigenvalue weighted by molar-refractivity contribution is -0.115. The van der Waals surface area contributed by atoms with Crippen LogP contribution in [0.3, 0.4) is 0 Å². The highest BCUT2D eigenvalue weighted by atomic mass is 32.2. The van der Waals surface area contributed by atoms with E-state index in [-0.39, 0.29) is 17.1 Å². The summed E-state index contributed by atoms with van der Waals surface area (Å²) in [6.07, 6.45) is 0. The molecule has 0 spiro atoms. The summed E-state index contributed by atoms with van der Waals surface area (Å²) in [5, 5.41) is 7.97. The molecule has 0 saturated heterocycles. The fourth-order valence-corrected chi connectivity index (χ4v) is 5.41. The van der Waals surface area contributed by atoms with E-state index >= 15 is 0 Å². The number of aryl methyl sites for hydroxylation is 1. The number of anilines is 2. The van der Waals surface area contributed by atoms with Crippen LogP contribution in [0.1, 0.15) is 21.5 Å². The number of carbonyl (C=O) groups excluding carboxylic acids is 2. The van der Waals surface area contributed by atoms with E-state index in [0.29, 0.717) is 15.7 Å². The van der Waals surface area contributed by atoms with Gasteiger partial charge in [0.05, 0.1) is 15.8 Å². The van der Waals surface area contributed by atoms with Gasteiger partial charge in [0.1, 0.15) is 0 Å². The zero-order valence-corrected chi connectivity index (χ0v) is 19.9. The predicted molar refractivity (Wildman–Crippen MR) is 135 cm³/mol. The smallest absolute Gasteiger partial charge is 0.265 e. The van der Waals surface area contributed by atoms with Crippen LogP contribution in [-0.2, 0) is 4.79 Å². The summed E-state index contributed by atoms with van der Waals surface area (Å²) in [5.41, 5.74) is 2.62. The fourth-order valence-electron chi connectivity index (χ4n) is 3.03. The monoisotopic (exact) mass is 479 g/mol. The maximum Gasteiger partial charge on any atom is 0.265 e. The molecule has 5 nitrogen and oxygen atoms in total. The first-order chi connectivity index (χ1) is 15.5. The number of nitrogens with zero attached hydrogens (tertiary/aromatic N) is 1.